The number of nitrogens with zero attached hydrogens (tertiary/aromatic N) is 2. The van der Waals surface area contributed by atoms with Crippen LogP contribution < -0.4 is 5.32 Å². The number of nitrogens with one attached hydrogen (secondary N) is 1. The van der Waals surface area contributed by atoms with Gasteiger partial charge >= 0.3 is 6.03 Å². The average Bonchev–Trinajstić information content (AvgIpc) is 3.17. The van der Waals surface area contributed by atoms with Crippen LogP contribution in [-0.2, 0) is 10.0 Å². The number of amides is 2. The van der Waals surface area contributed by atoms with Crippen molar-refractivity contribution in [1.29, 1.82) is 0 Å². The number of carbonyl (C=O) groups is 1. The van der Waals surface area contributed by atoms with E-state index in [4.69, 9.17) is 0 Å². The first-order chi connectivity index (χ1) is 15.5. The van der Waals surface area contributed by atoms with Gasteiger partial charge in [-0.3, -0.25) is 0 Å². The normalized spacial score (nSPS) is 18.6. The van der Waals surface area contributed by atoms with Crippen LogP contribution in [0.4, 0.5) is 10.5 Å². The van der Waals surface area contributed by atoms with Crippen molar-refractivity contribution in [3.8, 4) is 0 Å². The lowest BCUT2D eigenvalue weighted by Crippen LogP contribution is -2.45. The van der Waals surface area contributed by atoms with Crippen molar-refractivity contribution in [2.75, 3.05) is 31.5 Å². The summed E-state index contributed by atoms with van der Waals surface area (Å²) in [7, 11) is -3.50. The number of aryl methyl sites for hydroxylation is 5. The van der Waals surface area contributed by atoms with E-state index in [-0.39, 0.29) is 11.4 Å². The van der Waals surface area contributed by atoms with E-state index in [1.807, 2.05) is 43.9 Å². The van der Waals surface area contributed by atoms with Crippen molar-refractivity contribution in [3.63, 3.8) is 0 Å². The van der Waals surface area contributed by atoms with Gasteiger partial charge in [0, 0.05) is 31.9 Å². The van der Waals surface area contributed by atoms with Crippen LogP contribution >= 0.6 is 0 Å². The third-order valence-corrected chi connectivity index (χ3v) is 9.59. The van der Waals surface area contributed by atoms with Crippen LogP contribution in [0.3, 0.4) is 0 Å². The molecule has 2 aliphatic rings. The lowest BCUT2D eigenvalue weighted by Gasteiger charge is -2.38. The fraction of sp³-hybridized carbons (Fsp3) is 0.500. The molecule has 6 nitrogen and oxygen atoms in total. The highest BCUT2D eigenvalue weighted by Crippen LogP contribution is 2.42. The van der Waals surface area contributed by atoms with Gasteiger partial charge < -0.3 is 10.2 Å². The number of benzene rings is 2. The van der Waals surface area contributed by atoms with Gasteiger partial charge in [0.1, 0.15) is 0 Å². The number of carbonyl (C=O) groups excluding carboxylic acids is 1. The Morgan fingerprint density at radius 1 is 0.848 bits per heavy atom. The summed E-state index contributed by atoms with van der Waals surface area (Å²) >= 11 is 0. The molecule has 2 aliphatic heterocycles. The van der Waals surface area contributed by atoms with E-state index in [9.17, 15) is 13.2 Å². The molecule has 0 unspecified atom stereocenters. The zero-order valence-electron chi connectivity index (χ0n) is 20.4. The molecule has 0 saturated carbocycles. The molecule has 2 aromatic rings. The lowest BCUT2D eigenvalue weighted by molar-refractivity contribution is 0.158. The van der Waals surface area contributed by atoms with Crippen LogP contribution in [0.1, 0.15) is 47.1 Å². The van der Waals surface area contributed by atoms with Gasteiger partial charge in [-0.05, 0) is 99.2 Å². The first-order valence-corrected chi connectivity index (χ1v) is 13.2. The molecule has 2 fully saturated rings. The van der Waals surface area contributed by atoms with Crippen LogP contribution in [-0.4, -0.2) is 49.8 Å². The van der Waals surface area contributed by atoms with Crippen molar-refractivity contribution in [2.24, 2.45) is 5.41 Å². The molecule has 1 spiro atoms. The number of anilines is 1. The van der Waals surface area contributed by atoms with Crippen molar-refractivity contribution in [1.82, 2.24) is 9.21 Å². The smallest absolute Gasteiger partial charge is 0.321 e. The molecule has 0 aromatic heterocycles. The Hall–Kier alpha value is -2.38. The SMILES string of the molecule is Cc1ccc(C)c(S(=O)(=O)N2CCC3(CCN(C(=O)Nc4cc(C)c(C)cc4C)C3)CC2)c1. The maximum absolute atomic E-state index is 13.3. The predicted octanol–water partition coefficient (Wildman–Crippen LogP) is 4.94. The molecule has 2 amide bonds. The Morgan fingerprint density at radius 2 is 1.48 bits per heavy atom. The molecule has 1 N–H and O–H groups in total. The first-order valence-electron chi connectivity index (χ1n) is 11.7. The van der Waals surface area contributed by atoms with Gasteiger partial charge in [0.25, 0.3) is 0 Å². The highest BCUT2D eigenvalue weighted by Gasteiger charge is 2.44. The summed E-state index contributed by atoms with van der Waals surface area (Å²) in [6.07, 6.45) is 2.48. The van der Waals surface area contributed by atoms with E-state index >= 15 is 0 Å². The van der Waals surface area contributed by atoms with Gasteiger partial charge in [-0.15, -0.1) is 0 Å². The number of urea groups is 1. The zero-order chi connectivity index (χ0) is 24.0. The van der Waals surface area contributed by atoms with Gasteiger partial charge in [-0.1, -0.05) is 18.2 Å². The van der Waals surface area contributed by atoms with E-state index in [1.165, 1.54) is 5.56 Å². The zero-order valence-corrected chi connectivity index (χ0v) is 21.2. The van der Waals surface area contributed by atoms with E-state index < -0.39 is 10.0 Å². The minimum atomic E-state index is -3.50. The third-order valence-electron chi connectivity index (χ3n) is 7.55. The number of hydrogen-bond donors (Lipinski definition) is 1. The Labute approximate surface area is 198 Å². The molecule has 2 aromatic carbocycles. The van der Waals surface area contributed by atoms with Crippen molar-refractivity contribution < 1.29 is 13.2 Å². The molecular weight excluding hydrogens is 434 g/mol. The molecule has 0 radical (unpaired) electrons. The quantitative estimate of drug-likeness (QED) is 0.692. The molecule has 2 saturated heterocycles. The first kappa shape index (κ1) is 23.8. The Kier molecular flexibility index (Phi) is 6.31. The van der Waals surface area contributed by atoms with Crippen molar-refractivity contribution in [2.45, 2.75) is 58.8 Å². The van der Waals surface area contributed by atoms with Crippen LogP contribution in [0.25, 0.3) is 0 Å². The molecular formula is C26H35N3O3S. The van der Waals surface area contributed by atoms with Gasteiger partial charge in [0.15, 0.2) is 0 Å². The topological polar surface area (TPSA) is 69.7 Å². The van der Waals surface area contributed by atoms with Crippen LogP contribution in [0.2, 0.25) is 0 Å². The van der Waals surface area contributed by atoms with Crippen molar-refractivity contribution >= 4 is 21.7 Å². The monoisotopic (exact) mass is 469 g/mol. The molecule has 0 atom stereocenters. The molecule has 33 heavy (non-hydrogen) atoms. The summed E-state index contributed by atoms with van der Waals surface area (Å²) in [5, 5.41) is 3.09. The van der Waals surface area contributed by atoms with Crippen LogP contribution in [0, 0.1) is 40.0 Å². The van der Waals surface area contributed by atoms with Crippen LogP contribution in [0.15, 0.2) is 35.2 Å². The summed E-state index contributed by atoms with van der Waals surface area (Å²) in [6.45, 7) is 12.3. The number of sulfonamides is 1. The maximum atomic E-state index is 13.3. The predicted molar refractivity (Wildman–Crippen MR) is 132 cm³/mol. The summed E-state index contributed by atoms with van der Waals surface area (Å²) in [5.41, 5.74) is 6.03. The van der Waals surface area contributed by atoms with E-state index in [0.29, 0.717) is 31.1 Å². The van der Waals surface area contributed by atoms with E-state index in [2.05, 4.69) is 25.2 Å². The molecule has 2 heterocycles. The second kappa shape index (κ2) is 8.76. The van der Waals surface area contributed by atoms with Crippen LogP contribution in [0.5, 0.6) is 0 Å². The molecule has 7 heteroatoms. The van der Waals surface area contributed by atoms with Crippen molar-refractivity contribution in [3.05, 3.63) is 58.1 Å². The fourth-order valence-corrected chi connectivity index (χ4v) is 6.88. The third kappa shape index (κ3) is 4.66. The summed E-state index contributed by atoms with van der Waals surface area (Å²) in [4.78, 5) is 15.3. The maximum Gasteiger partial charge on any atom is 0.321 e. The van der Waals surface area contributed by atoms with Gasteiger partial charge in [-0.25, -0.2) is 13.2 Å². The largest absolute Gasteiger partial charge is 0.324 e. The highest BCUT2D eigenvalue weighted by atomic mass is 32.2. The number of likely N-dealkylation sites (tertiary alicyclic amines) is 1. The highest BCUT2D eigenvalue weighted by molar-refractivity contribution is 7.89. The average molecular weight is 470 g/mol. The second-order valence-corrected chi connectivity index (χ2v) is 11.9. The molecule has 0 aliphatic carbocycles. The minimum absolute atomic E-state index is 0.00322. The van der Waals surface area contributed by atoms with E-state index in [1.54, 1.807) is 10.4 Å². The molecule has 178 valence electrons. The summed E-state index contributed by atoms with van der Waals surface area (Å²) in [5.74, 6) is 0. The fourth-order valence-electron chi connectivity index (χ4n) is 5.13. The van der Waals surface area contributed by atoms with Gasteiger partial charge in [-0.2, -0.15) is 4.31 Å². The number of rotatable bonds is 3. The van der Waals surface area contributed by atoms with Gasteiger partial charge in [0.05, 0.1) is 4.90 Å². The van der Waals surface area contributed by atoms with Gasteiger partial charge in [0.2, 0.25) is 10.0 Å². The molecule has 0 bridgehead atoms. The molecule has 4 rings (SSSR count). The summed E-state index contributed by atoms with van der Waals surface area (Å²) < 4.78 is 28.2. The number of hydrogen-bond acceptors (Lipinski definition) is 3. The van der Waals surface area contributed by atoms with E-state index in [0.717, 1.165) is 47.2 Å². The minimum Gasteiger partial charge on any atom is -0.324 e. The lowest BCUT2D eigenvalue weighted by atomic mass is 9.78. The second-order valence-electron chi connectivity index (χ2n) is 10.0. The Balaban J connectivity index is 1.40. The Morgan fingerprint density at radius 3 is 2.18 bits per heavy atom. The number of piperidine rings is 1. The summed E-state index contributed by atoms with van der Waals surface area (Å²) in [6, 6.07) is 9.65. The standard InChI is InChI=1S/C26H35N3O3S/c1-18-6-7-19(2)24(14-18)33(31,32)29-12-9-26(10-13-29)8-11-28(17-26)25(30)27-23-16-21(4)20(3)15-22(23)5/h6-7,14-16H,8-13,17H2,1-5H3,(H,27,30). The Bertz CT molecular complexity index is 1180.